The molecule has 0 bridgehead atoms. The minimum absolute atomic E-state index is 0.155. The molecule has 1 saturated heterocycles. The van der Waals surface area contributed by atoms with E-state index < -0.39 is 0 Å². The maximum absolute atomic E-state index is 12.2. The summed E-state index contributed by atoms with van der Waals surface area (Å²) in [7, 11) is 0. The average Bonchev–Trinajstić information content (AvgIpc) is 2.63. The molecule has 1 amide bonds. The Morgan fingerprint density at radius 1 is 1.00 bits per heavy atom. The zero-order valence-electron chi connectivity index (χ0n) is 13.9. The Labute approximate surface area is 158 Å². The van der Waals surface area contributed by atoms with Crippen LogP contribution in [0.1, 0.15) is 19.3 Å². The van der Waals surface area contributed by atoms with E-state index in [1.807, 2.05) is 18.2 Å². The number of carbonyl (C=O) groups excluding carboxylic acids is 1. The minimum atomic E-state index is -0.155. The van der Waals surface area contributed by atoms with Crippen LogP contribution in [-0.4, -0.2) is 25.5 Å². The van der Waals surface area contributed by atoms with Gasteiger partial charge in [0.1, 0.15) is 0 Å². The molecule has 25 heavy (non-hydrogen) atoms. The van der Waals surface area contributed by atoms with Crippen molar-refractivity contribution in [2.24, 2.45) is 0 Å². The van der Waals surface area contributed by atoms with Crippen LogP contribution in [0.5, 0.6) is 0 Å². The highest BCUT2D eigenvalue weighted by Crippen LogP contribution is 2.28. The predicted molar refractivity (Wildman–Crippen MR) is 106 cm³/mol. The van der Waals surface area contributed by atoms with Crippen LogP contribution in [0.25, 0.3) is 0 Å². The normalized spacial score (nSPS) is 14.2. The van der Waals surface area contributed by atoms with Crippen LogP contribution < -0.4 is 15.5 Å². The highest BCUT2D eigenvalue weighted by Gasteiger charge is 2.14. The summed E-state index contributed by atoms with van der Waals surface area (Å²) < 4.78 is 0. The number of benzene rings is 2. The van der Waals surface area contributed by atoms with Crippen molar-refractivity contribution in [3.05, 3.63) is 52.5 Å². The number of para-hydroxylation sites is 2. The summed E-state index contributed by atoms with van der Waals surface area (Å²) in [5.74, 6) is -0.155. The number of nitrogens with one attached hydrogen (secondary N) is 2. The summed E-state index contributed by atoms with van der Waals surface area (Å²) >= 11 is 12.0. The molecule has 2 aromatic rings. The molecular weight excluding hydrogens is 357 g/mol. The van der Waals surface area contributed by atoms with Crippen LogP contribution in [0.15, 0.2) is 42.5 Å². The molecule has 0 aromatic heterocycles. The lowest BCUT2D eigenvalue weighted by molar-refractivity contribution is -0.114. The van der Waals surface area contributed by atoms with Gasteiger partial charge in [0.05, 0.1) is 28.6 Å². The maximum atomic E-state index is 12.2. The van der Waals surface area contributed by atoms with E-state index in [0.29, 0.717) is 15.7 Å². The minimum Gasteiger partial charge on any atom is -0.374 e. The van der Waals surface area contributed by atoms with Gasteiger partial charge >= 0.3 is 0 Å². The summed E-state index contributed by atoms with van der Waals surface area (Å²) in [6.07, 6.45) is 3.71. The monoisotopic (exact) mass is 377 g/mol. The summed E-state index contributed by atoms with van der Waals surface area (Å²) in [5.41, 5.74) is 2.68. The Balaban J connectivity index is 1.62. The Morgan fingerprint density at radius 2 is 1.76 bits per heavy atom. The third kappa shape index (κ3) is 4.80. The van der Waals surface area contributed by atoms with Crippen molar-refractivity contribution in [1.29, 1.82) is 0 Å². The van der Waals surface area contributed by atoms with Crippen LogP contribution in [0.2, 0.25) is 10.0 Å². The van der Waals surface area contributed by atoms with E-state index in [9.17, 15) is 4.79 Å². The van der Waals surface area contributed by atoms with E-state index in [-0.39, 0.29) is 12.5 Å². The molecule has 4 nitrogen and oxygen atoms in total. The molecule has 1 fully saturated rings. The molecule has 0 radical (unpaired) electrons. The molecule has 2 N–H and O–H groups in total. The van der Waals surface area contributed by atoms with E-state index in [1.54, 1.807) is 18.2 Å². The lowest BCUT2D eigenvalue weighted by Crippen LogP contribution is -2.30. The molecule has 1 heterocycles. The average molecular weight is 378 g/mol. The number of halogens is 2. The summed E-state index contributed by atoms with van der Waals surface area (Å²) in [6, 6.07) is 13.1. The van der Waals surface area contributed by atoms with Crippen molar-refractivity contribution >= 4 is 46.2 Å². The number of anilines is 3. The van der Waals surface area contributed by atoms with Crippen molar-refractivity contribution in [1.82, 2.24) is 0 Å². The third-order valence-corrected chi connectivity index (χ3v) is 4.79. The fraction of sp³-hybridized carbons (Fsp3) is 0.316. The Kier molecular flexibility index (Phi) is 6.05. The molecule has 3 rings (SSSR count). The van der Waals surface area contributed by atoms with E-state index in [4.69, 9.17) is 23.2 Å². The van der Waals surface area contributed by atoms with Gasteiger partial charge in [-0.1, -0.05) is 35.3 Å². The molecular formula is C19H21Cl2N3O. The molecule has 0 aliphatic carbocycles. The molecule has 0 saturated carbocycles. The molecule has 6 heteroatoms. The van der Waals surface area contributed by atoms with Gasteiger partial charge < -0.3 is 15.5 Å². The molecule has 1 aliphatic heterocycles. The van der Waals surface area contributed by atoms with Crippen molar-refractivity contribution in [2.75, 3.05) is 35.2 Å². The zero-order chi connectivity index (χ0) is 17.6. The Morgan fingerprint density at radius 3 is 2.52 bits per heavy atom. The molecule has 2 aromatic carbocycles. The fourth-order valence-electron chi connectivity index (χ4n) is 2.99. The first-order valence-corrected chi connectivity index (χ1v) is 9.22. The maximum Gasteiger partial charge on any atom is 0.243 e. The molecule has 0 unspecified atom stereocenters. The second kappa shape index (κ2) is 8.45. The smallest absolute Gasteiger partial charge is 0.243 e. The molecule has 0 spiro atoms. The zero-order valence-corrected chi connectivity index (χ0v) is 15.4. The third-order valence-electron chi connectivity index (χ3n) is 4.25. The number of rotatable bonds is 5. The van der Waals surface area contributed by atoms with Gasteiger partial charge in [0.15, 0.2) is 0 Å². The van der Waals surface area contributed by atoms with Crippen LogP contribution in [-0.2, 0) is 4.79 Å². The lowest BCUT2D eigenvalue weighted by atomic mass is 10.1. The van der Waals surface area contributed by atoms with Crippen LogP contribution in [0, 0.1) is 0 Å². The standard InChI is InChI=1S/C19H21Cl2N3O/c20-14-8-9-16(15(21)12-14)23-19(25)13-22-17-6-2-3-7-18(17)24-10-4-1-5-11-24/h2-3,6-9,12,22H,1,4-5,10-11,13H2,(H,23,25). The van der Waals surface area contributed by atoms with Crippen LogP contribution in [0.3, 0.4) is 0 Å². The first-order chi connectivity index (χ1) is 12.1. The van der Waals surface area contributed by atoms with Crippen molar-refractivity contribution in [3.63, 3.8) is 0 Å². The van der Waals surface area contributed by atoms with Crippen molar-refractivity contribution in [2.45, 2.75) is 19.3 Å². The fourth-order valence-corrected chi connectivity index (χ4v) is 3.45. The molecule has 132 valence electrons. The van der Waals surface area contributed by atoms with E-state index in [1.165, 1.54) is 19.3 Å². The number of nitrogens with zero attached hydrogens (tertiary/aromatic N) is 1. The predicted octanol–water partition coefficient (Wildman–Crippen LogP) is 5.03. The van der Waals surface area contributed by atoms with Gasteiger partial charge in [0.25, 0.3) is 0 Å². The molecule has 0 atom stereocenters. The summed E-state index contributed by atoms with van der Waals surface area (Å²) in [6.45, 7) is 2.29. The number of amides is 1. The number of piperidine rings is 1. The Hall–Kier alpha value is -1.91. The van der Waals surface area contributed by atoms with Gasteiger partial charge in [-0.25, -0.2) is 0 Å². The second-order valence-electron chi connectivity index (χ2n) is 6.09. The highest BCUT2D eigenvalue weighted by molar-refractivity contribution is 6.36. The summed E-state index contributed by atoms with van der Waals surface area (Å²) in [5, 5.41) is 7.00. The number of hydrogen-bond donors (Lipinski definition) is 2. The Bertz CT molecular complexity index is 745. The van der Waals surface area contributed by atoms with Gasteiger partial charge in [-0.05, 0) is 49.6 Å². The second-order valence-corrected chi connectivity index (χ2v) is 6.93. The SMILES string of the molecule is O=C(CNc1ccccc1N1CCCCC1)Nc1ccc(Cl)cc1Cl. The first-order valence-electron chi connectivity index (χ1n) is 8.46. The van der Waals surface area contributed by atoms with Crippen LogP contribution in [0.4, 0.5) is 17.1 Å². The highest BCUT2D eigenvalue weighted by atomic mass is 35.5. The topological polar surface area (TPSA) is 44.4 Å². The van der Waals surface area contributed by atoms with Gasteiger partial charge in [-0.3, -0.25) is 4.79 Å². The number of hydrogen-bond acceptors (Lipinski definition) is 3. The van der Waals surface area contributed by atoms with Gasteiger partial charge in [0, 0.05) is 18.1 Å². The van der Waals surface area contributed by atoms with Gasteiger partial charge in [0.2, 0.25) is 5.91 Å². The molecule has 1 aliphatic rings. The van der Waals surface area contributed by atoms with Gasteiger partial charge in [-0.2, -0.15) is 0 Å². The lowest BCUT2D eigenvalue weighted by Gasteiger charge is -2.30. The quantitative estimate of drug-likeness (QED) is 0.767. The van der Waals surface area contributed by atoms with Gasteiger partial charge in [-0.15, -0.1) is 0 Å². The largest absolute Gasteiger partial charge is 0.374 e. The van der Waals surface area contributed by atoms with E-state index in [0.717, 1.165) is 24.5 Å². The number of carbonyl (C=O) groups is 1. The van der Waals surface area contributed by atoms with E-state index >= 15 is 0 Å². The first kappa shape index (κ1) is 17.9. The van der Waals surface area contributed by atoms with Crippen molar-refractivity contribution < 1.29 is 4.79 Å². The van der Waals surface area contributed by atoms with Crippen molar-refractivity contribution in [3.8, 4) is 0 Å². The van der Waals surface area contributed by atoms with Crippen LogP contribution >= 0.6 is 23.2 Å². The summed E-state index contributed by atoms with van der Waals surface area (Å²) in [4.78, 5) is 14.6. The van der Waals surface area contributed by atoms with E-state index in [2.05, 4.69) is 21.6 Å².